The molecule has 1 N–H and O–H groups in total. The molecule has 0 atom stereocenters. The number of carbonyl (C=O) groups is 1. The zero-order valence-corrected chi connectivity index (χ0v) is 9.77. The molecule has 0 radical (unpaired) electrons. The molecule has 78 valence electrons. The Bertz CT molecular complexity index is 364. The quantitative estimate of drug-likeness (QED) is 0.857. The van der Waals surface area contributed by atoms with Gasteiger partial charge in [0.15, 0.2) is 0 Å². The van der Waals surface area contributed by atoms with E-state index in [2.05, 4.69) is 20.9 Å². The van der Waals surface area contributed by atoms with E-state index in [9.17, 15) is 4.79 Å². The van der Waals surface area contributed by atoms with E-state index in [1.807, 2.05) is 0 Å². The summed E-state index contributed by atoms with van der Waals surface area (Å²) in [5.41, 5.74) is 1.02. The van der Waals surface area contributed by atoms with Gasteiger partial charge in [0.25, 0.3) is 0 Å². The van der Waals surface area contributed by atoms with Gasteiger partial charge in [-0.15, -0.1) is 12.4 Å². The van der Waals surface area contributed by atoms with Crippen molar-refractivity contribution < 1.29 is 9.90 Å². The summed E-state index contributed by atoms with van der Waals surface area (Å²) in [7, 11) is 0. The number of fused-ring (bicyclic) bond motifs is 1. The second-order valence-corrected chi connectivity index (χ2v) is 3.84. The molecule has 1 aliphatic rings. The van der Waals surface area contributed by atoms with Crippen LogP contribution in [-0.2, 0) is 13.0 Å². The van der Waals surface area contributed by atoms with Gasteiger partial charge in [0.2, 0.25) is 5.82 Å². The molecule has 4 nitrogen and oxygen atoms in total. The van der Waals surface area contributed by atoms with E-state index in [4.69, 9.17) is 5.11 Å². The predicted molar refractivity (Wildman–Crippen MR) is 57.1 cm³/mol. The fourth-order valence-corrected chi connectivity index (χ4v) is 2.24. The van der Waals surface area contributed by atoms with Crippen LogP contribution in [0.3, 0.4) is 0 Å². The molecule has 0 fully saturated rings. The summed E-state index contributed by atoms with van der Waals surface area (Å²) in [4.78, 5) is 14.8. The third-order valence-electron chi connectivity index (χ3n) is 2.26. The second-order valence-electron chi connectivity index (χ2n) is 3.09. The van der Waals surface area contributed by atoms with E-state index in [0.29, 0.717) is 4.60 Å². The largest absolute Gasteiger partial charge is 0.475 e. The molecule has 6 heteroatoms. The maximum Gasteiger partial charge on any atom is 0.372 e. The van der Waals surface area contributed by atoms with Crippen molar-refractivity contribution in [3.05, 3.63) is 16.1 Å². The summed E-state index contributed by atoms with van der Waals surface area (Å²) in [6, 6.07) is 0. The number of hydrogen-bond donors (Lipinski definition) is 1. The zero-order valence-electron chi connectivity index (χ0n) is 7.36. The number of rotatable bonds is 1. The average Bonchev–Trinajstić information content (AvgIpc) is 2.45. The molecule has 1 aromatic rings. The predicted octanol–water partition coefficient (Wildman–Crippen LogP) is 2.10. The van der Waals surface area contributed by atoms with Crippen molar-refractivity contribution in [3.63, 3.8) is 0 Å². The van der Waals surface area contributed by atoms with Crippen LogP contribution in [0.15, 0.2) is 4.60 Å². The van der Waals surface area contributed by atoms with E-state index < -0.39 is 5.97 Å². The number of imidazole rings is 1. The Hall–Kier alpha value is -0.550. The Morgan fingerprint density at radius 2 is 2.21 bits per heavy atom. The smallest absolute Gasteiger partial charge is 0.372 e. The molecule has 0 unspecified atom stereocenters. The van der Waals surface area contributed by atoms with Crippen LogP contribution in [0, 0.1) is 0 Å². The highest BCUT2D eigenvalue weighted by atomic mass is 79.9. The standard InChI is InChI=1S/C8H9BrN2O2.ClH/c9-6-5-3-1-2-4-11(5)7(10-6)8(12)13;/h1-4H2,(H,12,13);1H. The monoisotopic (exact) mass is 280 g/mol. The molecule has 0 saturated carbocycles. The van der Waals surface area contributed by atoms with Crippen molar-refractivity contribution in [3.8, 4) is 0 Å². The maximum absolute atomic E-state index is 10.8. The molecule has 0 aromatic carbocycles. The van der Waals surface area contributed by atoms with Gasteiger partial charge < -0.3 is 9.67 Å². The molecule has 0 bridgehead atoms. The van der Waals surface area contributed by atoms with E-state index in [0.717, 1.165) is 31.5 Å². The molecule has 0 aliphatic carbocycles. The Morgan fingerprint density at radius 1 is 1.50 bits per heavy atom. The van der Waals surface area contributed by atoms with E-state index in [1.54, 1.807) is 4.57 Å². The van der Waals surface area contributed by atoms with Crippen molar-refractivity contribution in [2.75, 3.05) is 0 Å². The number of carboxylic acid groups (broad SMARTS) is 1. The van der Waals surface area contributed by atoms with Crippen molar-refractivity contribution in [2.45, 2.75) is 25.8 Å². The van der Waals surface area contributed by atoms with E-state index >= 15 is 0 Å². The molecule has 1 aromatic heterocycles. The normalized spacial score (nSPS) is 14.4. The summed E-state index contributed by atoms with van der Waals surface area (Å²) >= 11 is 3.28. The fourth-order valence-electron chi connectivity index (χ4n) is 1.66. The summed E-state index contributed by atoms with van der Waals surface area (Å²) in [6.07, 6.45) is 3.07. The summed E-state index contributed by atoms with van der Waals surface area (Å²) in [5, 5.41) is 8.85. The van der Waals surface area contributed by atoms with Crippen molar-refractivity contribution in [1.29, 1.82) is 0 Å². The minimum atomic E-state index is -0.950. The number of hydrogen-bond acceptors (Lipinski definition) is 2. The molecular formula is C8H10BrClN2O2. The maximum atomic E-state index is 10.8. The van der Waals surface area contributed by atoms with Crippen LogP contribution in [0.5, 0.6) is 0 Å². The first-order valence-corrected chi connectivity index (χ1v) is 4.97. The Balaban J connectivity index is 0.000000980. The third kappa shape index (κ3) is 1.79. The third-order valence-corrected chi connectivity index (χ3v) is 2.90. The van der Waals surface area contributed by atoms with Gasteiger partial charge in [-0.2, -0.15) is 0 Å². The lowest BCUT2D eigenvalue weighted by atomic mass is 10.1. The van der Waals surface area contributed by atoms with Gasteiger partial charge >= 0.3 is 5.97 Å². The number of aromatic carboxylic acids is 1. The van der Waals surface area contributed by atoms with Gasteiger partial charge in [-0.3, -0.25) is 0 Å². The SMILES string of the molecule is Cl.O=C(O)c1nc(Br)c2n1CCCC2. The molecule has 0 spiro atoms. The first-order chi connectivity index (χ1) is 6.20. The molecule has 2 rings (SSSR count). The van der Waals surface area contributed by atoms with Crippen molar-refractivity contribution in [1.82, 2.24) is 9.55 Å². The molecule has 14 heavy (non-hydrogen) atoms. The van der Waals surface area contributed by atoms with Gasteiger partial charge in [-0.05, 0) is 35.2 Å². The van der Waals surface area contributed by atoms with Gasteiger partial charge in [0.05, 0.1) is 5.69 Å². The number of nitrogens with zero attached hydrogens (tertiary/aromatic N) is 2. The van der Waals surface area contributed by atoms with Gasteiger partial charge in [0.1, 0.15) is 4.60 Å². The Kier molecular flexibility index (Phi) is 3.55. The number of aromatic nitrogens is 2. The van der Waals surface area contributed by atoms with Crippen LogP contribution in [-0.4, -0.2) is 20.6 Å². The highest BCUT2D eigenvalue weighted by Crippen LogP contribution is 2.24. The topological polar surface area (TPSA) is 55.1 Å². The van der Waals surface area contributed by atoms with Gasteiger partial charge in [-0.25, -0.2) is 9.78 Å². The van der Waals surface area contributed by atoms with Gasteiger partial charge in [0, 0.05) is 6.54 Å². The summed E-state index contributed by atoms with van der Waals surface area (Å²) in [6.45, 7) is 0.773. The highest BCUT2D eigenvalue weighted by Gasteiger charge is 2.21. The van der Waals surface area contributed by atoms with Crippen LogP contribution >= 0.6 is 28.3 Å². The minimum absolute atomic E-state index is 0. The second kappa shape index (κ2) is 4.31. The zero-order chi connectivity index (χ0) is 9.42. The lowest BCUT2D eigenvalue weighted by molar-refractivity contribution is 0.0677. The van der Waals surface area contributed by atoms with Crippen LogP contribution in [0.1, 0.15) is 29.2 Å². The fraction of sp³-hybridized carbons (Fsp3) is 0.500. The van der Waals surface area contributed by atoms with E-state index in [-0.39, 0.29) is 18.2 Å². The van der Waals surface area contributed by atoms with Crippen LogP contribution in [0.25, 0.3) is 0 Å². The Morgan fingerprint density at radius 3 is 2.86 bits per heavy atom. The minimum Gasteiger partial charge on any atom is -0.475 e. The first-order valence-electron chi connectivity index (χ1n) is 4.18. The van der Waals surface area contributed by atoms with Crippen LogP contribution < -0.4 is 0 Å². The molecule has 0 saturated heterocycles. The average molecular weight is 282 g/mol. The lowest BCUT2D eigenvalue weighted by Gasteiger charge is -2.14. The first kappa shape index (κ1) is 11.5. The number of halogens is 2. The Labute approximate surface area is 95.9 Å². The van der Waals surface area contributed by atoms with Crippen LogP contribution in [0.4, 0.5) is 0 Å². The highest BCUT2D eigenvalue weighted by molar-refractivity contribution is 9.10. The van der Waals surface area contributed by atoms with Crippen molar-refractivity contribution in [2.24, 2.45) is 0 Å². The summed E-state index contributed by atoms with van der Waals surface area (Å²) < 4.78 is 2.47. The van der Waals surface area contributed by atoms with Crippen molar-refractivity contribution >= 4 is 34.3 Å². The van der Waals surface area contributed by atoms with Gasteiger partial charge in [-0.1, -0.05) is 0 Å². The molecular weight excluding hydrogens is 271 g/mol. The molecule has 0 amide bonds. The van der Waals surface area contributed by atoms with Crippen LogP contribution in [0.2, 0.25) is 0 Å². The molecule has 1 aliphatic heterocycles. The van der Waals surface area contributed by atoms with E-state index in [1.165, 1.54) is 0 Å². The summed E-state index contributed by atoms with van der Waals surface area (Å²) in [5.74, 6) is -0.796. The lowest BCUT2D eigenvalue weighted by Crippen LogP contribution is -2.15. The molecule has 2 heterocycles. The number of carboxylic acids is 1.